The molecule has 2 aromatic carbocycles. The summed E-state index contributed by atoms with van der Waals surface area (Å²) in [6, 6.07) is 16.7. The number of hydrogen-bond donors (Lipinski definition) is 4. The van der Waals surface area contributed by atoms with Gasteiger partial charge in [-0.15, -0.1) is 0 Å². The highest BCUT2D eigenvalue weighted by molar-refractivity contribution is 7.81. The van der Waals surface area contributed by atoms with Crippen LogP contribution >= 0.6 is 12.6 Å². The molecule has 7 heteroatoms. The van der Waals surface area contributed by atoms with Crippen molar-refractivity contribution < 1.29 is 19.5 Å². The molecule has 3 atom stereocenters. The lowest BCUT2D eigenvalue weighted by Crippen LogP contribution is -2.53. The number of nitrogens with one attached hydrogen (secondary N) is 2. The normalized spacial score (nSPS) is 13.8. The van der Waals surface area contributed by atoms with Gasteiger partial charge in [0.25, 0.3) is 0 Å². The molecule has 2 amide bonds. The van der Waals surface area contributed by atoms with Gasteiger partial charge in [-0.05, 0) is 24.5 Å². The minimum absolute atomic E-state index is 0.247. The van der Waals surface area contributed by atoms with Crippen LogP contribution < -0.4 is 10.6 Å². The van der Waals surface area contributed by atoms with E-state index >= 15 is 0 Å². The summed E-state index contributed by atoms with van der Waals surface area (Å²) in [5, 5.41) is 13.5. The van der Waals surface area contributed by atoms with Gasteiger partial charge < -0.3 is 15.7 Å². The fourth-order valence-electron chi connectivity index (χ4n) is 2.63. The number of rotatable bonds is 9. The van der Waals surface area contributed by atoms with E-state index in [9.17, 15) is 14.4 Å². The third-order valence-corrected chi connectivity index (χ3v) is 4.64. The fourth-order valence-corrected chi connectivity index (χ4v) is 2.92. The Kier molecular flexibility index (Phi) is 8.07. The number of benzene rings is 2. The molecule has 2 aromatic rings. The molecule has 3 N–H and O–H groups in total. The van der Waals surface area contributed by atoms with Gasteiger partial charge in [0.15, 0.2) is 0 Å². The molecule has 148 valence electrons. The van der Waals surface area contributed by atoms with E-state index < -0.39 is 29.2 Å². The molecule has 0 spiro atoms. The Balaban J connectivity index is 2.07. The van der Waals surface area contributed by atoms with Crippen molar-refractivity contribution in [3.63, 3.8) is 0 Å². The van der Waals surface area contributed by atoms with Gasteiger partial charge >= 0.3 is 5.97 Å². The van der Waals surface area contributed by atoms with Crippen molar-refractivity contribution in [2.75, 3.05) is 0 Å². The van der Waals surface area contributed by atoms with Gasteiger partial charge in [-0.3, -0.25) is 14.4 Å². The van der Waals surface area contributed by atoms with Crippen LogP contribution in [-0.4, -0.2) is 40.2 Å². The summed E-state index contributed by atoms with van der Waals surface area (Å²) in [5.74, 6) is -2.08. The number of hydrogen-bond acceptors (Lipinski definition) is 4. The maximum Gasteiger partial charge on any atom is 0.325 e. The predicted molar refractivity (Wildman–Crippen MR) is 110 cm³/mol. The van der Waals surface area contributed by atoms with Crippen molar-refractivity contribution >= 4 is 30.4 Å². The minimum atomic E-state index is -1.14. The van der Waals surface area contributed by atoms with Crippen LogP contribution in [0.1, 0.15) is 18.1 Å². The second kappa shape index (κ2) is 10.5. The van der Waals surface area contributed by atoms with E-state index in [2.05, 4.69) is 23.3 Å². The first kappa shape index (κ1) is 21.5. The van der Waals surface area contributed by atoms with Crippen LogP contribution in [0.3, 0.4) is 0 Å². The van der Waals surface area contributed by atoms with E-state index in [1.54, 1.807) is 0 Å². The van der Waals surface area contributed by atoms with Crippen molar-refractivity contribution in [2.24, 2.45) is 0 Å². The van der Waals surface area contributed by atoms with Crippen LogP contribution in [-0.2, 0) is 27.2 Å². The number of aliphatic carboxylic acids is 1. The van der Waals surface area contributed by atoms with Gasteiger partial charge in [-0.1, -0.05) is 60.7 Å². The lowest BCUT2D eigenvalue weighted by molar-refractivity contribution is -0.141. The standard InChI is InChI=1S/C21H24N2O4S/c1-14(21(26)27)22-19(24)17(12-15-8-4-2-5-9-15)23-20(25)18(28)13-16-10-6-3-7-11-16/h2-11,14,17-18,28H,12-13H2,1H3,(H,22,24)(H,23,25)(H,26,27)/t14-,17-,18+/m0/s1. The highest BCUT2D eigenvalue weighted by Gasteiger charge is 2.26. The number of amides is 2. The van der Waals surface area contributed by atoms with Crippen molar-refractivity contribution in [3.8, 4) is 0 Å². The smallest absolute Gasteiger partial charge is 0.325 e. The van der Waals surface area contributed by atoms with Crippen molar-refractivity contribution in [3.05, 3.63) is 71.8 Å². The summed E-state index contributed by atoms with van der Waals surface area (Å²) >= 11 is 4.37. The van der Waals surface area contributed by atoms with Crippen molar-refractivity contribution in [1.29, 1.82) is 0 Å². The molecule has 0 aliphatic rings. The maximum atomic E-state index is 12.6. The molecule has 0 saturated carbocycles. The molecule has 2 rings (SSSR count). The Hall–Kier alpha value is -2.80. The molecule has 6 nitrogen and oxygen atoms in total. The third kappa shape index (κ3) is 6.74. The van der Waals surface area contributed by atoms with Crippen molar-refractivity contribution in [2.45, 2.75) is 37.1 Å². The predicted octanol–water partition coefficient (Wildman–Crippen LogP) is 1.84. The fraction of sp³-hybridized carbons (Fsp3) is 0.286. The van der Waals surface area contributed by atoms with Gasteiger partial charge in [0.1, 0.15) is 12.1 Å². The topological polar surface area (TPSA) is 95.5 Å². The van der Waals surface area contributed by atoms with E-state index in [0.29, 0.717) is 6.42 Å². The number of carbonyl (C=O) groups excluding carboxylic acids is 2. The van der Waals surface area contributed by atoms with Crippen LogP contribution in [0.15, 0.2) is 60.7 Å². The summed E-state index contributed by atoms with van der Waals surface area (Å²) in [6.07, 6.45) is 0.664. The second-order valence-corrected chi connectivity index (χ2v) is 7.15. The zero-order valence-corrected chi connectivity index (χ0v) is 16.4. The van der Waals surface area contributed by atoms with Crippen molar-refractivity contribution in [1.82, 2.24) is 10.6 Å². The van der Waals surface area contributed by atoms with Crippen LogP contribution in [0, 0.1) is 0 Å². The Labute approximate surface area is 169 Å². The van der Waals surface area contributed by atoms with E-state index in [0.717, 1.165) is 11.1 Å². The van der Waals surface area contributed by atoms with Gasteiger partial charge in [-0.2, -0.15) is 12.6 Å². The van der Waals surface area contributed by atoms with Crippen LogP contribution in [0.4, 0.5) is 0 Å². The van der Waals surface area contributed by atoms with Crippen LogP contribution in [0.2, 0.25) is 0 Å². The number of carboxylic acid groups (broad SMARTS) is 1. The Morgan fingerprint density at radius 2 is 1.36 bits per heavy atom. The lowest BCUT2D eigenvalue weighted by atomic mass is 10.0. The first-order chi connectivity index (χ1) is 13.4. The highest BCUT2D eigenvalue weighted by atomic mass is 32.1. The molecule has 0 aromatic heterocycles. The molecular formula is C21H24N2O4S. The largest absolute Gasteiger partial charge is 0.480 e. The molecule has 0 saturated heterocycles. The number of carboxylic acids is 1. The van der Waals surface area contributed by atoms with Crippen LogP contribution in [0.5, 0.6) is 0 Å². The van der Waals surface area contributed by atoms with E-state index in [1.807, 2.05) is 60.7 Å². The molecule has 0 bridgehead atoms. The summed E-state index contributed by atoms with van der Waals surface area (Å²) in [5.41, 5.74) is 1.81. The zero-order chi connectivity index (χ0) is 20.5. The summed E-state index contributed by atoms with van der Waals surface area (Å²) in [6.45, 7) is 1.37. The molecule has 0 unspecified atom stereocenters. The Bertz CT molecular complexity index is 799. The molecule has 0 heterocycles. The molecule has 0 fully saturated rings. The highest BCUT2D eigenvalue weighted by Crippen LogP contribution is 2.10. The van der Waals surface area contributed by atoms with Gasteiger partial charge in [-0.25, -0.2) is 0 Å². The second-order valence-electron chi connectivity index (χ2n) is 6.52. The average molecular weight is 401 g/mol. The van der Waals surface area contributed by atoms with E-state index in [-0.39, 0.29) is 12.3 Å². The Morgan fingerprint density at radius 1 is 0.857 bits per heavy atom. The SMILES string of the molecule is C[C@H](NC(=O)[C@H](Cc1ccccc1)NC(=O)[C@H](S)Cc1ccccc1)C(=O)O. The lowest BCUT2D eigenvalue weighted by Gasteiger charge is -2.22. The quantitative estimate of drug-likeness (QED) is 0.483. The first-order valence-corrected chi connectivity index (χ1v) is 9.48. The molecule has 0 aliphatic carbocycles. The molecule has 0 aliphatic heterocycles. The maximum absolute atomic E-state index is 12.6. The zero-order valence-electron chi connectivity index (χ0n) is 15.5. The van der Waals surface area contributed by atoms with E-state index in [1.165, 1.54) is 6.92 Å². The third-order valence-electron chi connectivity index (χ3n) is 4.22. The summed E-state index contributed by atoms with van der Waals surface area (Å²) < 4.78 is 0. The number of carbonyl (C=O) groups is 3. The molecule has 28 heavy (non-hydrogen) atoms. The average Bonchev–Trinajstić information content (AvgIpc) is 2.68. The first-order valence-electron chi connectivity index (χ1n) is 8.96. The number of thiol groups is 1. The molecular weight excluding hydrogens is 376 g/mol. The monoisotopic (exact) mass is 400 g/mol. The van der Waals surface area contributed by atoms with Gasteiger partial charge in [0.05, 0.1) is 5.25 Å². The van der Waals surface area contributed by atoms with Crippen LogP contribution in [0.25, 0.3) is 0 Å². The van der Waals surface area contributed by atoms with Gasteiger partial charge in [0, 0.05) is 6.42 Å². The Morgan fingerprint density at radius 3 is 1.86 bits per heavy atom. The van der Waals surface area contributed by atoms with E-state index in [4.69, 9.17) is 5.11 Å². The summed E-state index contributed by atoms with van der Waals surface area (Å²) in [4.78, 5) is 36.2. The minimum Gasteiger partial charge on any atom is -0.480 e. The molecule has 0 radical (unpaired) electrons. The van der Waals surface area contributed by atoms with Gasteiger partial charge in [0.2, 0.25) is 11.8 Å². The summed E-state index contributed by atoms with van der Waals surface area (Å²) in [7, 11) is 0.